The average Bonchev–Trinajstić information content (AvgIpc) is 2.86. The number of hydrogen-bond donors (Lipinski definition) is 2. The highest BCUT2D eigenvalue weighted by molar-refractivity contribution is 7.88. The lowest BCUT2D eigenvalue weighted by Crippen LogP contribution is -2.41. The molecular weight excluding hydrogens is 552 g/mol. The van der Waals surface area contributed by atoms with Gasteiger partial charge in [-0.3, -0.25) is 4.99 Å². The van der Waals surface area contributed by atoms with Gasteiger partial charge in [0.05, 0.1) is 30.2 Å². The molecule has 0 amide bonds. The first kappa shape index (κ1) is 28.0. The first-order chi connectivity index (χ1) is 17.9. The van der Waals surface area contributed by atoms with Crippen LogP contribution in [0.5, 0.6) is 0 Å². The number of halogens is 5. The van der Waals surface area contributed by atoms with Gasteiger partial charge in [0.15, 0.2) is 23.3 Å². The number of ether oxygens (including phenoxy) is 1. The van der Waals surface area contributed by atoms with E-state index >= 15 is 0 Å². The summed E-state index contributed by atoms with van der Waals surface area (Å²) in [6, 6.07) is 0.899. The van der Waals surface area contributed by atoms with Crippen LogP contribution >= 0.6 is 11.6 Å². The van der Waals surface area contributed by atoms with Gasteiger partial charge in [-0.1, -0.05) is 17.7 Å². The second-order valence-corrected chi connectivity index (χ2v) is 11.2. The van der Waals surface area contributed by atoms with Crippen LogP contribution in [-0.2, 0) is 19.6 Å². The Labute approximate surface area is 221 Å². The molecule has 0 spiro atoms. The molecule has 2 aliphatic rings. The molecule has 204 valence electrons. The van der Waals surface area contributed by atoms with Crippen LogP contribution in [0, 0.1) is 29.2 Å². The molecule has 1 aliphatic heterocycles. The largest absolute Gasteiger partial charge is 0.466 e. The van der Waals surface area contributed by atoms with Crippen molar-refractivity contribution in [3.63, 3.8) is 0 Å². The molecule has 2 heterocycles. The van der Waals surface area contributed by atoms with Gasteiger partial charge in [0.25, 0.3) is 0 Å². The molecule has 1 fully saturated rings. The van der Waals surface area contributed by atoms with E-state index < -0.39 is 50.3 Å². The van der Waals surface area contributed by atoms with Crippen molar-refractivity contribution >= 4 is 33.4 Å². The lowest BCUT2D eigenvalue weighted by atomic mass is 9.80. The number of nitrogens with one attached hydrogen (secondary N) is 2. The number of carbonyl (C=O) groups excluding carboxylic acids is 1. The summed E-state index contributed by atoms with van der Waals surface area (Å²) in [6.07, 6.45) is 3.49. The lowest BCUT2D eigenvalue weighted by Gasteiger charge is -2.35. The fourth-order valence-electron chi connectivity index (χ4n) is 4.71. The fourth-order valence-corrected chi connectivity index (χ4v) is 5.81. The summed E-state index contributed by atoms with van der Waals surface area (Å²) in [6.45, 7) is 0. The van der Waals surface area contributed by atoms with Crippen molar-refractivity contribution < 1.29 is 35.5 Å². The number of aliphatic imine (C=N–C) groups is 1. The maximum Gasteiger partial charge on any atom is 0.338 e. The van der Waals surface area contributed by atoms with Crippen molar-refractivity contribution in [2.24, 2.45) is 10.9 Å². The molecule has 1 saturated carbocycles. The number of amidine groups is 1. The minimum Gasteiger partial charge on any atom is -0.466 e. The van der Waals surface area contributed by atoms with Crippen LogP contribution in [0.15, 0.2) is 40.7 Å². The van der Waals surface area contributed by atoms with Crippen LogP contribution in [0.25, 0.3) is 0 Å². The van der Waals surface area contributed by atoms with E-state index in [4.69, 9.17) is 16.3 Å². The Bertz CT molecular complexity index is 1440. The summed E-state index contributed by atoms with van der Waals surface area (Å²) in [7, 11) is -2.31. The van der Waals surface area contributed by atoms with Crippen molar-refractivity contribution in [2.45, 2.75) is 37.8 Å². The molecular formula is C24H23ClF4N4O4S. The Kier molecular flexibility index (Phi) is 8.09. The molecule has 14 heteroatoms. The van der Waals surface area contributed by atoms with E-state index in [-0.39, 0.29) is 40.3 Å². The monoisotopic (exact) mass is 574 g/mol. The van der Waals surface area contributed by atoms with Crippen molar-refractivity contribution in [2.75, 3.05) is 13.4 Å². The van der Waals surface area contributed by atoms with Gasteiger partial charge in [0, 0.05) is 23.4 Å². The standard InChI is InChI=1S/C24H23ClF4N4O4S/c1-37-24(34)17-20(11-3-5-13(6-4-11)33-38(2,35)36)31-23(22-16(28)9-12(26)10-30-22)32-21(17)14-7-8-15(27)19(29)18(14)25/h7-11,13,21,33H,3-6H2,1-2H3,(H,31,32)/t11-,13-,21?. The van der Waals surface area contributed by atoms with Crippen LogP contribution in [0.2, 0.25) is 5.02 Å². The number of sulfonamides is 1. The third kappa shape index (κ3) is 5.84. The van der Waals surface area contributed by atoms with E-state index in [2.05, 4.69) is 20.0 Å². The maximum absolute atomic E-state index is 14.7. The van der Waals surface area contributed by atoms with Crippen molar-refractivity contribution in [3.8, 4) is 0 Å². The molecule has 4 rings (SSSR count). The molecule has 0 radical (unpaired) electrons. The van der Waals surface area contributed by atoms with Crippen LogP contribution < -0.4 is 10.0 Å². The smallest absolute Gasteiger partial charge is 0.338 e. The summed E-state index contributed by atoms with van der Waals surface area (Å²) in [5.74, 6) is -5.97. The van der Waals surface area contributed by atoms with E-state index in [0.717, 1.165) is 31.7 Å². The topological polar surface area (TPSA) is 110 Å². The number of nitrogens with zero attached hydrogens (tertiary/aromatic N) is 2. The highest BCUT2D eigenvalue weighted by atomic mass is 35.5. The molecule has 1 unspecified atom stereocenters. The number of benzene rings is 1. The molecule has 8 nitrogen and oxygen atoms in total. The molecule has 1 aromatic carbocycles. The second kappa shape index (κ2) is 11.0. The number of hydrogen-bond acceptors (Lipinski definition) is 7. The number of pyridine rings is 1. The summed E-state index contributed by atoms with van der Waals surface area (Å²) >= 11 is 6.12. The first-order valence-electron chi connectivity index (χ1n) is 11.5. The van der Waals surface area contributed by atoms with E-state index in [1.54, 1.807) is 0 Å². The Morgan fingerprint density at radius 2 is 1.82 bits per heavy atom. The third-order valence-electron chi connectivity index (χ3n) is 6.39. The third-order valence-corrected chi connectivity index (χ3v) is 7.53. The van der Waals surface area contributed by atoms with Crippen LogP contribution in [0.1, 0.15) is 43.0 Å². The SMILES string of the molecule is COC(=O)C1=C([C@H]2CC[C@H](NS(C)(=O)=O)CC2)NC(c2ncc(F)cc2F)=NC1c1ccc(F)c(F)c1Cl. The minimum absolute atomic E-state index is 0.0637. The van der Waals surface area contributed by atoms with Gasteiger partial charge >= 0.3 is 5.97 Å². The molecule has 1 aromatic heterocycles. The first-order valence-corrected chi connectivity index (χ1v) is 13.8. The zero-order valence-electron chi connectivity index (χ0n) is 20.2. The average molecular weight is 575 g/mol. The molecule has 2 aromatic rings. The zero-order chi connectivity index (χ0) is 27.8. The van der Waals surface area contributed by atoms with Crippen molar-refractivity contribution in [1.82, 2.24) is 15.0 Å². The highest BCUT2D eigenvalue weighted by Crippen LogP contribution is 2.41. The van der Waals surface area contributed by atoms with Crippen molar-refractivity contribution in [3.05, 3.63) is 75.2 Å². The number of allylic oxidation sites excluding steroid dienone is 1. The Morgan fingerprint density at radius 3 is 2.42 bits per heavy atom. The molecule has 1 aliphatic carbocycles. The summed E-state index contributed by atoms with van der Waals surface area (Å²) in [4.78, 5) is 21.2. The van der Waals surface area contributed by atoms with Crippen molar-refractivity contribution in [1.29, 1.82) is 0 Å². The summed E-state index contributed by atoms with van der Waals surface area (Å²) in [5, 5.41) is 2.30. The molecule has 1 atom stereocenters. The summed E-state index contributed by atoms with van der Waals surface area (Å²) < 4.78 is 87.4. The number of esters is 1. The minimum atomic E-state index is -3.44. The molecule has 2 N–H and O–H groups in total. The van der Waals surface area contributed by atoms with Crippen LogP contribution in [-0.4, -0.2) is 44.6 Å². The van der Waals surface area contributed by atoms with Gasteiger partial charge in [0.2, 0.25) is 10.0 Å². The van der Waals surface area contributed by atoms with E-state index in [1.807, 2.05) is 0 Å². The molecule has 0 saturated heterocycles. The number of methoxy groups -OCH3 is 1. The predicted molar refractivity (Wildman–Crippen MR) is 131 cm³/mol. The summed E-state index contributed by atoms with van der Waals surface area (Å²) in [5.41, 5.74) is -0.261. The van der Waals surface area contributed by atoms with Gasteiger partial charge in [-0.05, 0) is 37.7 Å². The molecule has 38 heavy (non-hydrogen) atoms. The van der Waals surface area contributed by atoms with Gasteiger partial charge in [-0.2, -0.15) is 0 Å². The predicted octanol–water partition coefficient (Wildman–Crippen LogP) is 3.92. The van der Waals surface area contributed by atoms with Gasteiger partial charge < -0.3 is 10.1 Å². The van der Waals surface area contributed by atoms with E-state index in [1.165, 1.54) is 0 Å². The quantitative estimate of drug-likeness (QED) is 0.307. The highest BCUT2D eigenvalue weighted by Gasteiger charge is 2.38. The van der Waals surface area contributed by atoms with Gasteiger partial charge in [-0.15, -0.1) is 0 Å². The second-order valence-electron chi connectivity index (χ2n) is 9.01. The Balaban J connectivity index is 1.84. The lowest BCUT2D eigenvalue weighted by molar-refractivity contribution is -0.136. The zero-order valence-corrected chi connectivity index (χ0v) is 21.8. The van der Waals surface area contributed by atoms with E-state index in [9.17, 15) is 30.8 Å². The molecule has 0 bridgehead atoms. The number of aromatic nitrogens is 1. The Hall–Kier alpha value is -3.03. The maximum atomic E-state index is 14.7. The van der Waals surface area contributed by atoms with E-state index in [0.29, 0.717) is 31.7 Å². The van der Waals surface area contributed by atoms with Gasteiger partial charge in [-0.25, -0.2) is 40.5 Å². The normalized spacial score (nSPS) is 22.1. The fraction of sp³-hybridized carbons (Fsp3) is 0.375. The van der Waals surface area contributed by atoms with Crippen LogP contribution in [0.4, 0.5) is 17.6 Å². The Morgan fingerprint density at radius 1 is 1.13 bits per heavy atom. The van der Waals surface area contributed by atoms with Crippen LogP contribution in [0.3, 0.4) is 0 Å². The number of carbonyl (C=O) groups is 1. The number of rotatable bonds is 6. The van der Waals surface area contributed by atoms with Gasteiger partial charge in [0.1, 0.15) is 17.6 Å².